The van der Waals surface area contributed by atoms with Crippen LogP contribution in [0.25, 0.3) is 0 Å². The lowest BCUT2D eigenvalue weighted by Gasteiger charge is -2.16. The van der Waals surface area contributed by atoms with Crippen LogP contribution in [0.5, 0.6) is 5.75 Å². The van der Waals surface area contributed by atoms with Gasteiger partial charge in [-0.2, -0.15) is 0 Å². The van der Waals surface area contributed by atoms with Crippen molar-refractivity contribution in [2.24, 2.45) is 0 Å². The lowest BCUT2D eigenvalue weighted by Crippen LogP contribution is -2.16. The molecule has 3 heteroatoms. The van der Waals surface area contributed by atoms with Crippen LogP contribution in [0.1, 0.15) is 31.4 Å². The van der Waals surface area contributed by atoms with Crippen LogP contribution in [0.4, 0.5) is 4.39 Å². The van der Waals surface area contributed by atoms with Crippen LogP contribution in [-0.4, -0.2) is 14.2 Å². The zero-order valence-corrected chi connectivity index (χ0v) is 10.5. The number of nitrogens with one attached hydrogen (secondary N) is 1. The number of halogens is 1. The minimum absolute atomic E-state index is 0.172. The molecule has 0 fully saturated rings. The van der Waals surface area contributed by atoms with Gasteiger partial charge in [-0.05, 0) is 38.1 Å². The Morgan fingerprint density at radius 1 is 1.47 bits per heavy atom. The molecule has 17 heavy (non-hydrogen) atoms. The zero-order valence-electron chi connectivity index (χ0n) is 10.5. The van der Waals surface area contributed by atoms with Crippen LogP contribution in [0, 0.1) is 17.7 Å². The topological polar surface area (TPSA) is 21.3 Å². The normalized spacial score (nSPS) is 11.5. The van der Waals surface area contributed by atoms with E-state index in [-0.39, 0.29) is 17.6 Å². The maximum Gasteiger partial charge on any atom is 0.165 e. The van der Waals surface area contributed by atoms with Gasteiger partial charge in [0, 0.05) is 12.5 Å². The summed E-state index contributed by atoms with van der Waals surface area (Å²) in [5, 5.41) is 3.20. The molecule has 0 amide bonds. The molecule has 0 aliphatic carbocycles. The molecule has 0 radical (unpaired) electrons. The van der Waals surface area contributed by atoms with E-state index in [0.29, 0.717) is 0 Å². The molecule has 1 aromatic rings. The molecule has 0 heterocycles. The summed E-state index contributed by atoms with van der Waals surface area (Å²) in [7, 11) is 3.36. The molecule has 92 valence electrons. The van der Waals surface area contributed by atoms with Crippen LogP contribution in [0.2, 0.25) is 0 Å². The first-order valence-electron chi connectivity index (χ1n) is 5.63. The summed E-state index contributed by atoms with van der Waals surface area (Å²) >= 11 is 0. The third-order valence-electron chi connectivity index (χ3n) is 2.66. The third kappa shape index (κ3) is 3.76. The van der Waals surface area contributed by atoms with Gasteiger partial charge in [0.15, 0.2) is 11.6 Å². The Balaban J connectivity index is 2.83. The van der Waals surface area contributed by atoms with Crippen molar-refractivity contribution in [1.29, 1.82) is 0 Å². The van der Waals surface area contributed by atoms with Crippen molar-refractivity contribution in [3.63, 3.8) is 0 Å². The summed E-state index contributed by atoms with van der Waals surface area (Å²) in [5.74, 6) is 5.84. The molecule has 1 atom stereocenters. The molecule has 0 aromatic heterocycles. The summed E-state index contributed by atoms with van der Waals surface area (Å²) in [6.07, 6.45) is 1.72. The molecule has 0 spiro atoms. The maximum absolute atomic E-state index is 13.3. The summed E-state index contributed by atoms with van der Waals surface area (Å²) in [4.78, 5) is 0. The first-order chi connectivity index (χ1) is 8.22. The van der Waals surface area contributed by atoms with E-state index in [2.05, 4.69) is 17.2 Å². The molecule has 1 rings (SSSR count). The van der Waals surface area contributed by atoms with Crippen molar-refractivity contribution in [3.8, 4) is 17.6 Å². The number of rotatable bonds is 5. The fourth-order valence-corrected chi connectivity index (χ4v) is 1.71. The maximum atomic E-state index is 13.3. The number of ether oxygens (including phenoxy) is 1. The fourth-order valence-electron chi connectivity index (χ4n) is 1.71. The average molecular weight is 235 g/mol. The number of hydrogen-bond acceptors (Lipinski definition) is 2. The predicted octanol–water partition coefficient (Wildman–Crippen LogP) is 2.90. The van der Waals surface area contributed by atoms with Gasteiger partial charge in [0.25, 0.3) is 0 Å². The summed E-state index contributed by atoms with van der Waals surface area (Å²) in [6.45, 7) is 1.83. The number of hydrogen-bond donors (Lipinski definition) is 1. The minimum atomic E-state index is -0.334. The van der Waals surface area contributed by atoms with Crippen LogP contribution >= 0.6 is 0 Å². The highest BCUT2D eigenvalue weighted by molar-refractivity contribution is 5.32. The van der Waals surface area contributed by atoms with Gasteiger partial charge in [-0.25, -0.2) is 4.39 Å². The van der Waals surface area contributed by atoms with Crippen molar-refractivity contribution in [1.82, 2.24) is 5.32 Å². The standard InChI is InChI=1S/C14H18FNO/c1-4-5-6-7-13(16-2)11-8-9-12(15)14(10-11)17-3/h8-10,13,16H,6-7H2,1-3H3. The quantitative estimate of drug-likeness (QED) is 0.792. The summed E-state index contributed by atoms with van der Waals surface area (Å²) < 4.78 is 18.3. The van der Waals surface area contributed by atoms with Crippen molar-refractivity contribution in [2.75, 3.05) is 14.2 Å². The smallest absolute Gasteiger partial charge is 0.165 e. The van der Waals surface area contributed by atoms with Crippen molar-refractivity contribution < 1.29 is 9.13 Å². The Morgan fingerprint density at radius 3 is 2.82 bits per heavy atom. The summed E-state index contributed by atoms with van der Waals surface area (Å²) in [6, 6.07) is 5.11. The lowest BCUT2D eigenvalue weighted by molar-refractivity contribution is 0.384. The van der Waals surface area contributed by atoms with Gasteiger partial charge >= 0.3 is 0 Å². The van der Waals surface area contributed by atoms with Gasteiger partial charge < -0.3 is 10.1 Å². The monoisotopic (exact) mass is 235 g/mol. The van der Waals surface area contributed by atoms with Crippen LogP contribution in [-0.2, 0) is 0 Å². The molecule has 1 N–H and O–H groups in total. The highest BCUT2D eigenvalue weighted by Gasteiger charge is 2.11. The van der Waals surface area contributed by atoms with Gasteiger partial charge in [0.2, 0.25) is 0 Å². The van der Waals surface area contributed by atoms with Crippen molar-refractivity contribution in [2.45, 2.75) is 25.8 Å². The van der Waals surface area contributed by atoms with E-state index in [9.17, 15) is 4.39 Å². The highest BCUT2D eigenvalue weighted by Crippen LogP contribution is 2.24. The Labute approximate surface area is 102 Å². The minimum Gasteiger partial charge on any atom is -0.494 e. The lowest BCUT2D eigenvalue weighted by atomic mass is 10.0. The second-order valence-corrected chi connectivity index (χ2v) is 3.70. The molecular formula is C14H18FNO. The predicted molar refractivity (Wildman–Crippen MR) is 67.4 cm³/mol. The van der Waals surface area contributed by atoms with E-state index in [1.54, 1.807) is 12.1 Å². The van der Waals surface area contributed by atoms with Crippen LogP contribution in [0.3, 0.4) is 0 Å². The van der Waals surface area contributed by atoms with E-state index in [4.69, 9.17) is 4.74 Å². The molecule has 0 bridgehead atoms. The van der Waals surface area contributed by atoms with Crippen molar-refractivity contribution >= 4 is 0 Å². The Kier molecular flexibility index (Phi) is 5.51. The largest absolute Gasteiger partial charge is 0.494 e. The first kappa shape index (κ1) is 13.5. The molecule has 2 nitrogen and oxygen atoms in total. The van der Waals surface area contributed by atoms with Crippen LogP contribution < -0.4 is 10.1 Å². The van der Waals surface area contributed by atoms with Gasteiger partial charge in [0.1, 0.15) is 0 Å². The summed E-state index contributed by atoms with van der Waals surface area (Å²) in [5.41, 5.74) is 1.02. The van der Waals surface area contributed by atoms with E-state index in [1.807, 2.05) is 14.0 Å². The Hall–Kier alpha value is -1.53. The van der Waals surface area contributed by atoms with E-state index >= 15 is 0 Å². The number of methoxy groups -OCH3 is 1. The SMILES string of the molecule is CC#CCCC(NC)c1ccc(F)c(OC)c1. The zero-order chi connectivity index (χ0) is 12.7. The molecule has 1 aromatic carbocycles. The van der Waals surface area contributed by atoms with E-state index in [1.165, 1.54) is 13.2 Å². The molecule has 0 saturated carbocycles. The number of benzene rings is 1. The molecule has 0 saturated heterocycles. The second kappa shape index (κ2) is 6.93. The average Bonchev–Trinajstić information content (AvgIpc) is 2.36. The van der Waals surface area contributed by atoms with E-state index in [0.717, 1.165) is 18.4 Å². The van der Waals surface area contributed by atoms with Gasteiger partial charge in [-0.1, -0.05) is 6.07 Å². The molecular weight excluding hydrogens is 217 g/mol. The van der Waals surface area contributed by atoms with E-state index < -0.39 is 0 Å². The molecule has 0 aliphatic rings. The molecule has 0 aliphatic heterocycles. The van der Waals surface area contributed by atoms with Crippen LogP contribution in [0.15, 0.2) is 18.2 Å². The molecule has 1 unspecified atom stereocenters. The Morgan fingerprint density at radius 2 is 2.24 bits per heavy atom. The fraction of sp³-hybridized carbons (Fsp3) is 0.429. The third-order valence-corrected chi connectivity index (χ3v) is 2.66. The second-order valence-electron chi connectivity index (χ2n) is 3.70. The van der Waals surface area contributed by atoms with Gasteiger partial charge in [-0.3, -0.25) is 0 Å². The Bertz CT molecular complexity index is 420. The van der Waals surface area contributed by atoms with Crippen molar-refractivity contribution in [3.05, 3.63) is 29.6 Å². The van der Waals surface area contributed by atoms with Gasteiger partial charge in [0.05, 0.1) is 7.11 Å². The highest BCUT2D eigenvalue weighted by atomic mass is 19.1. The van der Waals surface area contributed by atoms with Gasteiger partial charge in [-0.15, -0.1) is 11.8 Å². The first-order valence-corrected chi connectivity index (χ1v) is 5.63.